The lowest BCUT2D eigenvalue weighted by Crippen LogP contribution is -2.12. The largest absolute Gasteiger partial charge is 0.496 e. The molecule has 18 heavy (non-hydrogen) atoms. The first kappa shape index (κ1) is 12.6. The molecule has 0 bridgehead atoms. The van der Waals surface area contributed by atoms with Gasteiger partial charge in [0.25, 0.3) is 0 Å². The third kappa shape index (κ3) is 2.51. The van der Waals surface area contributed by atoms with Gasteiger partial charge in [0.05, 0.1) is 13.2 Å². The van der Waals surface area contributed by atoms with Crippen LogP contribution >= 0.6 is 0 Å². The van der Waals surface area contributed by atoms with Crippen molar-refractivity contribution in [3.05, 3.63) is 65.0 Å². The molecule has 0 heterocycles. The Kier molecular flexibility index (Phi) is 3.63. The molecule has 2 nitrogen and oxygen atoms in total. The van der Waals surface area contributed by atoms with Gasteiger partial charge in [0.2, 0.25) is 0 Å². The Morgan fingerprint density at radius 1 is 1.11 bits per heavy atom. The van der Waals surface area contributed by atoms with Gasteiger partial charge in [-0.05, 0) is 41.8 Å². The van der Waals surface area contributed by atoms with E-state index >= 15 is 0 Å². The van der Waals surface area contributed by atoms with Gasteiger partial charge in [0.15, 0.2) is 0 Å². The molecule has 2 N–H and O–H groups in total. The second kappa shape index (κ2) is 5.19. The highest BCUT2D eigenvalue weighted by Crippen LogP contribution is 2.25. The standard InChI is InChI=1S/C15H16FNO/c1-10-8-12(6-7-14(10)18-2)15(17)11-4-3-5-13(16)9-11/h3-9,15H,17H2,1-2H3. The Hall–Kier alpha value is -1.87. The van der Waals surface area contributed by atoms with Crippen LogP contribution < -0.4 is 10.5 Å². The molecule has 0 radical (unpaired) electrons. The molecule has 0 aliphatic heterocycles. The van der Waals surface area contributed by atoms with Crippen molar-refractivity contribution in [2.24, 2.45) is 5.73 Å². The predicted molar refractivity (Wildman–Crippen MR) is 70.2 cm³/mol. The molecule has 0 saturated heterocycles. The van der Waals surface area contributed by atoms with E-state index in [9.17, 15) is 4.39 Å². The maximum absolute atomic E-state index is 13.2. The highest BCUT2D eigenvalue weighted by molar-refractivity contribution is 5.40. The van der Waals surface area contributed by atoms with E-state index in [-0.39, 0.29) is 11.9 Å². The molecule has 0 amide bonds. The number of hydrogen-bond acceptors (Lipinski definition) is 2. The van der Waals surface area contributed by atoms with Crippen molar-refractivity contribution < 1.29 is 9.13 Å². The number of ether oxygens (including phenoxy) is 1. The summed E-state index contributed by atoms with van der Waals surface area (Å²) in [5.74, 6) is 0.554. The quantitative estimate of drug-likeness (QED) is 0.901. The van der Waals surface area contributed by atoms with Crippen molar-refractivity contribution >= 4 is 0 Å². The van der Waals surface area contributed by atoms with E-state index < -0.39 is 0 Å². The number of methoxy groups -OCH3 is 1. The Morgan fingerprint density at radius 2 is 1.83 bits per heavy atom. The molecule has 0 aliphatic carbocycles. The average Bonchev–Trinajstić information content (AvgIpc) is 2.37. The molecule has 2 rings (SSSR count). The monoisotopic (exact) mass is 245 g/mol. The first-order valence-electron chi connectivity index (χ1n) is 5.77. The molecular weight excluding hydrogens is 229 g/mol. The summed E-state index contributed by atoms with van der Waals surface area (Å²) in [6.45, 7) is 1.96. The number of aryl methyl sites for hydroxylation is 1. The molecule has 0 aliphatic rings. The van der Waals surface area contributed by atoms with Crippen LogP contribution in [-0.4, -0.2) is 7.11 Å². The topological polar surface area (TPSA) is 35.2 Å². The van der Waals surface area contributed by atoms with Gasteiger partial charge >= 0.3 is 0 Å². The van der Waals surface area contributed by atoms with Gasteiger partial charge in [-0.3, -0.25) is 0 Å². The lowest BCUT2D eigenvalue weighted by Gasteiger charge is -2.14. The van der Waals surface area contributed by atoms with Crippen LogP contribution in [0.1, 0.15) is 22.7 Å². The van der Waals surface area contributed by atoms with Gasteiger partial charge in [-0.1, -0.05) is 24.3 Å². The molecule has 2 aromatic carbocycles. The summed E-state index contributed by atoms with van der Waals surface area (Å²) in [5, 5.41) is 0. The second-order valence-corrected chi connectivity index (χ2v) is 4.26. The van der Waals surface area contributed by atoms with E-state index in [1.165, 1.54) is 12.1 Å². The van der Waals surface area contributed by atoms with Gasteiger partial charge in [-0.25, -0.2) is 4.39 Å². The van der Waals surface area contributed by atoms with E-state index in [4.69, 9.17) is 10.5 Å². The number of rotatable bonds is 3. The second-order valence-electron chi connectivity index (χ2n) is 4.26. The van der Waals surface area contributed by atoms with Crippen molar-refractivity contribution in [3.63, 3.8) is 0 Å². The van der Waals surface area contributed by atoms with Crippen LogP contribution in [0.4, 0.5) is 4.39 Å². The van der Waals surface area contributed by atoms with Gasteiger partial charge in [0.1, 0.15) is 11.6 Å². The normalized spacial score (nSPS) is 12.2. The number of hydrogen-bond donors (Lipinski definition) is 1. The summed E-state index contributed by atoms with van der Waals surface area (Å²) in [6, 6.07) is 11.8. The lowest BCUT2D eigenvalue weighted by atomic mass is 9.98. The van der Waals surface area contributed by atoms with Gasteiger partial charge < -0.3 is 10.5 Å². The van der Waals surface area contributed by atoms with Crippen molar-refractivity contribution in [3.8, 4) is 5.75 Å². The fraction of sp³-hybridized carbons (Fsp3) is 0.200. The van der Waals surface area contributed by atoms with Crippen molar-refractivity contribution in [2.45, 2.75) is 13.0 Å². The highest BCUT2D eigenvalue weighted by Gasteiger charge is 2.11. The molecule has 2 aromatic rings. The van der Waals surface area contributed by atoms with Crippen LogP contribution in [0.5, 0.6) is 5.75 Å². The average molecular weight is 245 g/mol. The summed E-state index contributed by atoms with van der Waals surface area (Å²) in [5.41, 5.74) is 8.86. The minimum atomic E-state index is -0.328. The summed E-state index contributed by atoms with van der Waals surface area (Å²) in [6.07, 6.45) is 0. The third-order valence-corrected chi connectivity index (χ3v) is 2.99. The van der Waals surface area contributed by atoms with Gasteiger partial charge in [0, 0.05) is 0 Å². The Balaban J connectivity index is 2.34. The van der Waals surface area contributed by atoms with Gasteiger partial charge in [-0.2, -0.15) is 0 Å². The fourth-order valence-corrected chi connectivity index (χ4v) is 1.99. The zero-order valence-corrected chi connectivity index (χ0v) is 10.5. The Bertz CT molecular complexity index is 554. The molecule has 1 unspecified atom stereocenters. The summed E-state index contributed by atoms with van der Waals surface area (Å²) in [4.78, 5) is 0. The van der Waals surface area contributed by atoms with E-state index in [1.807, 2.05) is 31.2 Å². The number of benzene rings is 2. The Labute approximate surface area is 106 Å². The molecular formula is C15H16FNO. The van der Waals surface area contributed by atoms with E-state index in [0.29, 0.717) is 0 Å². The first-order valence-corrected chi connectivity index (χ1v) is 5.77. The molecule has 3 heteroatoms. The SMILES string of the molecule is COc1ccc(C(N)c2cccc(F)c2)cc1C. The molecule has 0 fully saturated rings. The Morgan fingerprint density at radius 3 is 2.44 bits per heavy atom. The van der Waals surface area contributed by atoms with Crippen molar-refractivity contribution in [2.75, 3.05) is 7.11 Å². The van der Waals surface area contributed by atoms with Gasteiger partial charge in [-0.15, -0.1) is 0 Å². The molecule has 0 spiro atoms. The third-order valence-electron chi connectivity index (χ3n) is 2.99. The van der Waals surface area contributed by atoms with Crippen LogP contribution in [0.2, 0.25) is 0 Å². The molecule has 0 aromatic heterocycles. The zero-order chi connectivity index (χ0) is 13.1. The smallest absolute Gasteiger partial charge is 0.123 e. The van der Waals surface area contributed by atoms with Crippen LogP contribution in [-0.2, 0) is 0 Å². The maximum atomic E-state index is 13.2. The maximum Gasteiger partial charge on any atom is 0.123 e. The van der Waals surface area contributed by atoms with Crippen molar-refractivity contribution in [1.82, 2.24) is 0 Å². The van der Waals surface area contributed by atoms with Crippen LogP contribution in [0, 0.1) is 12.7 Å². The van der Waals surface area contributed by atoms with Crippen LogP contribution in [0.15, 0.2) is 42.5 Å². The van der Waals surface area contributed by atoms with E-state index in [1.54, 1.807) is 13.2 Å². The van der Waals surface area contributed by atoms with E-state index in [0.717, 1.165) is 22.4 Å². The minimum absolute atomic E-state index is 0.270. The first-order chi connectivity index (χ1) is 8.61. The molecule has 94 valence electrons. The van der Waals surface area contributed by atoms with Crippen LogP contribution in [0.3, 0.4) is 0 Å². The minimum Gasteiger partial charge on any atom is -0.496 e. The zero-order valence-electron chi connectivity index (χ0n) is 10.5. The summed E-state index contributed by atoms with van der Waals surface area (Å²) < 4.78 is 18.4. The number of nitrogens with two attached hydrogens (primary N) is 1. The fourth-order valence-electron chi connectivity index (χ4n) is 1.99. The molecule has 1 atom stereocenters. The lowest BCUT2D eigenvalue weighted by molar-refractivity contribution is 0.411. The summed E-state index contributed by atoms with van der Waals surface area (Å²) in [7, 11) is 1.63. The van der Waals surface area contributed by atoms with E-state index in [2.05, 4.69) is 0 Å². The van der Waals surface area contributed by atoms with Crippen molar-refractivity contribution in [1.29, 1.82) is 0 Å². The summed E-state index contributed by atoms with van der Waals surface area (Å²) >= 11 is 0. The van der Waals surface area contributed by atoms with Crippen LogP contribution in [0.25, 0.3) is 0 Å². The predicted octanol–water partition coefficient (Wildman–Crippen LogP) is 3.19. The number of halogens is 1. The molecule has 0 saturated carbocycles. The highest BCUT2D eigenvalue weighted by atomic mass is 19.1.